The summed E-state index contributed by atoms with van der Waals surface area (Å²) in [5.41, 5.74) is 4.59. The van der Waals surface area contributed by atoms with E-state index >= 15 is 0 Å². The van der Waals surface area contributed by atoms with Crippen LogP contribution in [0.15, 0.2) is 30.8 Å². The fraction of sp³-hybridized carbons (Fsp3) is 0.333. The number of benzene rings is 1. The van der Waals surface area contributed by atoms with Crippen LogP contribution in [0.25, 0.3) is 5.57 Å². The molecule has 4 N–H and O–H groups in total. The number of nitrogens with one attached hydrogen (secondary N) is 4. The molecule has 2 atom stereocenters. The first-order chi connectivity index (χ1) is 14.8. The summed E-state index contributed by atoms with van der Waals surface area (Å²) < 4.78 is 40.5. The molecular weight excluding hydrogens is 419 g/mol. The van der Waals surface area contributed by atoms with Crippen LogP contribution in [0.2, 0.25) is 0 Å². The molecular formula is C21H23FN6O2S. The van der Waals surface area contributed by atoms with E-state index < -0.39 is 15.8 Å². The normalized spacial score (nSPS) is 21.6. The van der Waals surface area contributed by atoms with Gasteiger partial charge in [-0.3, -0.25) is 14.9 Å². The fourth-order valence-corrected chi connectivity index (χ4v) is 5.67. The third-order valence-corrected chi connectivity index (χ3v) is 7.25. The monoisotopic (exact) mass is 442 g/mol. The Bertz CT molecular complexity index is 1280. The molecule has 10 heteroatoms. The first kappa shape index (κ1) is 19.8. The molecule has 2 aliphatic rings. The molecule has 1 aliphatic heterocycles. The number of hydrogen-bond donors (Lipinski definition) is 4. The van der Waals surface area contributed by atoms with Crippen LogP contribution >= 0.6 is 0 Å². The molecule has 1 aromatic carbocycles. The number of H-pyrrole nitrogens is 2. The summed E-state index contributed by atoms with van der Waals surface area (Å²) in [4.78, 5) is 0. The third-order valence-electron chi connectivity index (χ3n) is 6.05. The summed E-state index contributed by atoms with van der Waals surface area (Å²) in [7, 11) is -3.51. The lowest BCUT2D eigenvalue weighted by Gasteiger charge is -2.08. The van der Waals surface area contributed by atoms with E-state index in [4.69, 9.17) is 0 Å². The van der Waals surface area contributed by atoms with Crippen molar-refractivity contribution >= 4 is 32.8 Å². The smallest absolute Gasteiger partial charge is 0.237 e. The Morgan fingerprint density at radius 2 is 1.87 bits per heavy atom. The van der Waals surface area contributed by atoms with Crippen molar-refractivity contribution < 1.29 is 12.8 Å². The molecule has 5 rings (SSSR count). The molecule has 2 unspecified atom stereocenters. The minimum atomic E-state index is -3.51. The molecule has 1 fully saturated rings. The van der Waals surface area contributed by atoms with Gasteiger partial charge in [0, 0.05) is 34.9 Å². The quantitative estimate of drug-likeness (QED) is 0.469. The van der Waals surface area contributed by atoms with Crippen molar-refractivity contribution in [2.45, 2.75) is 43.8 Å². The fourth-order valence-electron chi connectivity index (χ4n) is 4.41. The van der Waals surface area contributed by atoms with Gasteiger partial charge in [-0.15, -0.1) is 0 Å². The van der Waals surface area contributed by atoms with Gasteiger partial charge < -0.3 is 5.32 Å². The van der Waals surface area contributed by atoms with Gasteiger partial charge in [0.1, 0.15) is 0 Å². The SMILES string of the molecule is C=C(C)c1cc(C2CCC(c3cc(Nc4ccc5c(c4F)CS(=O)(=O)N5)n[nH]3)C2)[nH]n1. The largest absolute Gasteiger partial charge is 0.336 e. The van der Waals surface area contributed by atoms with E-state index in [1.54, 1.807) is 6.07 Å². The number of hydrogen-bond acceptors (Lipinski definition) is 5. The van der Waals surface area contributed by atoms with Crippen LogP contribution in [0.1, 0.15) is 60.7 Å². The van der Waals surface area contributed by atoms with Gasteiger partial charge >= 0.3 is 0 Å². The van der Waals surface area contributed by atoms with Crippen molar-refractivity contribution in [2.24, 2.45) is 0 Å². The number of sulfonamides is 1. The Morgan fingerprint density at radius 1 is 1.16 bits per heavy atom. The second kappa shape index (κ2) is 7.23. The molecule has 0 amide bonds. The van der Waals surface area contributed by atoms with Crippen LogP contribution in [-0.2, 0) is 15.8 Å². The molecule has 31 heavy (non-hydrogen) atoms. The number of allylic oxidation sites excluding steroid dienone is 1. The van der Waals surface area contributed by atoms with Crippen molar-refractivity contribution in [3.05, 3.63) is 59.3 Å². The lowest BCUT2D eigenvalue weighted by molar-refractivity contribution is 0.597. The average Bonchev–Trinajstić information content (AvgIpc) is 3.48. The highest BCUT2D eigenvalue weighted by Gasteiger charge is 2.30. The second-order valence-corrected chi connectivity index (χ2v) is 10.1. The third kappa shape index (κ3) is 3.71. The van der Waals surface area contributed by atoms with Crippen molar-refractivity contribution in [1.29, 1.82) is 0 Å². The molecule has 1 aliphatic carbocycles. The number of aromatic amines is 2. The maximum Gasteiger partial charge on any atom is 0.237 e. The summed E-state index contributed by atoms with van der Waals surface area (Å²) in [6, 6.07) is 7.03. The zero-order chi connectivity index (χ0) is 21.8. The van der Waals surface area contributed by atoms with Crippen LogP contribution in [0.4, 0.5) is 21.6 Å². The Balaban J connectivity index is 1.29. The van der Waals surface area contributed by atoms with Crippen LogP contribution in [0, 0.1) is 5.82 Å². The zero-order valence-electron chi connectivity index (χ0n) is 17.0. The molecule has 8 nitrogen and oxygen atoms in total. The highest BCUT2D eigenvalue weighted by Crippen LogP contribution is 2.43. The van der Waals surface area contributed by atoms with Crippen LogP contribution in [-0.4, -0.2) is 28.8 Å². The topological polar surface area (TPSA) is 116 Å². The zero-order valence-corrected chi connectivity index (χ0v) is 17.8. The predicted octanol–water partition coefficient (Wildman–Crippen LogP) is 4.36. The molecule has 0 radical (unpaired) electrons. The highest BCUT2D eigenvalue weighted by molar-refractivity contribution is 7.92. The number of halogens is 1. The molecule has 2 aromatic heterocycles. The van der Waals surface area contributed by atoms with Crippen LogP contribution in [0.3, 0.4) is 0 Å². The summed E-state index contributed by atoms with van der Waals surface area (Å²) >= 11 is 0. The van der Waals surface area contributed by atoms with Crippen molar-refractivity contribution in [1.82, 2.24) is 20.4 Å². The molecule has 0 spiro atoms. The average molecular weight is 443 g/mol. The van der Waals surface area contributed by atoms with E-state index in [-0.39, 0.29) is 22.7 Å². The van der Waals surface area contributed by atoms with Gasteiger partial charge in [0.25, 0.3) is 0 Å². The minimum absolute atomic E-state index is 0.146. The maximum atomic E-state index is 14.8. The first-order valence-electron chi connectivity index (χ1n) is 10.1. The molecule has 3 heterocycles. The van der Waals surface area contributed by atoms with Crippen molar-refractivity contribution in [2.75, 3.05) is 10.0 Å². The lowest BCUT2D eigenvalue weighted by Crippen LogP contribution is -2.05. The van der Waals surface area contributed by atoms with E-state index in [1.165, 1.54) is 6.07 Å². The van der Waals surface area contributed by atoms with E-state index in [9.17, 15) is 12.8 Å². The van der Waals surface area contributed by atoms with Gasteiger partial charge in [-0.25, -0.2) is 12.8 Å². The molecule has 3 aromatic rings. The Morgan fingerprint density at radius 3 is 2.58 bits per heavy atom. The Labute approximate surface area is 179 Å². The van der Waals surface area contributed by atoms with Crippen molar-refractivity contribution in [3.8, 4) is 0 Å². The molecule has 1 saturated carbocycles. The Hall–Kier alpha value is -3.14. The predicted molar refractivity (Wildman–Crippen MR) is 117 cm³/mol. The number of aromatic nitrogens is 4. The van der Waals surface area contributed by atoms with Gasteiger partial charge in [0.05, 0.1) is 22.8 Å². The molecule has 0 saturated heterocycles. The minimum Gasteiger partial charge on any atom is -0.336 e. The van der Waals surface area contributed by atoms with Crippen molar-refractivity contribution in [3.63, 3.8) is 0 Å². The number of anilines is 3. The van der Waals surface area contributed by atoms with Gasteiger partial charge in [-0.05, 0) is 50.0 Å². The summed E-state index contributed by atoms with van der Waals surface area (Å²) in [5.74, 6) is 0.277. The second-order valence-electron chi connectivity index (χ2n) is 8.34. The van der Waals surface area contributed by atoms with E-state index in [1.807, 2.05) is 13.0 Å². The molecule has 162 valence electrons. The highest BCUT2D eigenvalue weighted by atomic mass is 32.2. The van der Waals surface area contributed by atoms with Gasteiger partial charge in [-0.2, -0.15) is 10.2 Å². The molecule has 0 bridgehead atoms. The van der Waals surface area contributed by atoms with E-state index in [2.05, 4.69) is 43.1 Å². The van der Waals surface area contributed by atoms with E-state index in [0.717, 1.165) is 41.9 Å². The van der Waals surface area contributed by atoms with E-state index in [0.29, 0.717) is 17.7 Å². The maximum absolute atomic E-state index is 14.8. The van der Waals surface area contributed by atoms with Gasteiger partial charge in [0.2, 0.25) is 10.0 Å². The summed E-state index contributed by atoms with van der Waals surface area (Å²) in [6.45, 7) is 5.87. The number of fused-ring (bicyclic) bond motifs is 1. The standard InChI is InChI=1S/C21H23FN6O2S/c1-11(2)17-8-18(25-24-17)12-3-4-13(7-12)19-9-20(27-26-19)23-16-6-5-15-14(21(16)22)10-31(29,30)28-15/h5-6,8-9,12-13,28H,1,3-4,7,10H2,2H3,(H,24,25)(H2,23,26,27). The van der Waals surface area contributed by atoms with Gasteiger partial charge in [-0.1, -0.05) is 6.58 Å². The Kier molecular flexibility index (Phi) is 4.62. The van der Waals surface area contributed by atoms with Crippen LogP contribution in [0.5, 0.6) is 0 Å². The number of rotatable bonds is 5. The number of nitrogens with zero attached hydrogens (tertiary/aromatic N) is 2. The first-order valence-corrected chi connectivity index (χ1v) is 11.8. The van der Waals surface area contributed by atoms with Crippen LogP contribution < -0.4 is 10.0 Å². The lowest BCUT2D eigenvalue weighted by atomic mass is 9.99. The van der Waals surface area contributed by atoms with Gasteiger partial charge in [0.15, 0.2) is 11.6 Å². The summed E-state index contributed by atoms with van der Waals surface area (Å²) in [5, 5.41) is 17.8. The summed E-state index contributed by atoms with van der Waals surface area (Å²) in [6.07, 6.45) is 3.03.